The standard InChI is InChI=1S/C24H32N4O2.ClH/c1-2-3-4-5-6-13-30-22-11-7-10-21(29)23(22)20-14-18(17-9-8-12-27-16-17)19(15-25)24(26)28-20;/h7,10-11,14,17,27,29H,2-6,8-9,12-13,16H2,1H3,(H2,26,28);1H. The minimum absolute atomic E-state index is 0. The summed E-state index contributed by atoms with van der Waals surface area (Å²) in [4.78, 5) is 4.45. The molecule has 168 valence electrons. The van der Waals surface area contributed by atoms with Crippen LogP contribution in [0.25, 0.3) is 11.3 Å². The summed E-state index contributed by atoms with van der Waals surface area (Å²) in [5.74, 6) is 1.09. The van der Waals surface area contributed by atoms with E-state index in [0.29, 0.717) is 29.2 Å². The van der Waals surface area contributed by atoms with Crippen molar-refractivity contribution in [2.24, 2.45) is 0 Å². The van der Waals surface area contributed by atoms with Crippen molar-refractivity contribution in [3.63, 3.8) is 0 Å². The molecular weight excluding hydrogens is 412 g/mol. The third-order valence-corrected chi connectivity index (χ3v) is 5.69. The number of rotatable bonds is 9. The van der Waals surface area contributed by atoms with E-state index in [1.54, 1.807) is 12.1 Å². The molecule has 0 saturated carbocycles. The molecule has 2 heterocycles. The molecule has 0 amide bonds. The minimum atomic E-state index is 0. The lowest BCUT2D eigenvalue weighted by Gasteiger charge is -2.25. The molecule has 0 aliphatic carbocycles. The largest absolute Gasteiger partial charge is 0.507 e. The molecule has 2 aromatic rings. The van der Waals surface area contributed by atoms with E-state index in [1.807, 2.05) is 12.1 Å². The average Bonchev–Trinajstić information content (AvgIpc) is 2.76. The van der Waals surface area contributed by atoms with Gasteiger partial charge in [-0.1, -0.05) is 38.7 Å². The number of nitrogen functional groups attached to an aromatic ring is 1. The predicted molar refractivity (Wildman–Crippen MR) is 127 cm³/mol. The lowest BCUT2D eigenvalue weighted by molar-refractivity contribution is 0.304. The number of nitrogens with two attached hydrogens (primary N) is 1. The number of hydrogen-bond donors (Lipinski definition) is 3. The lowest BCUT2D eigenvalue weighted by Crippen LogP contribution is -2.29. The normalized spacial score (nSPS) is 15.7. The molecular formula is C24H33ClN4O2. The number of piperidine rings is 1. The second-order valence-corrected chi connectivity index (χ2v) is 7.92. The molecule has 1 unspecified atom stereocenters. The summed E-state index contributed by atoms with van der Waals surface area (Å²) in [6, 6.07) is 9.36. The van der Waals surface area contributed by atoms with Gasteiger partial charge in [0.05, 0.1) is 23.4 Å². The molecule has 6 nitrogen and oxygen atoms in total. The number of nitriles is 1. The monoisotopic (exact) mass is 444 g/mol. The number of aromatic hydroxyl groups is 1. The van der Waals surface area contributed by atoms with Gasteiger partial charge in [-0.15, -0.1) is 12.4 Å². The van der Waals surface area contributed by atoms with Crippen LogP contribution >= 0.6 is 12.4 Å². The van der Waals surface area contributed by atoms with Crippen molar-refractivity contribution in [2.45, 2.75) is 57.8 Å². The van der Waals surface area contributed by atoms with Gasteiger partial charge >= 0.3 is 0 Å². The Morgan fingerprint density at radius 3 is 2.81 bits per heavy atom. The van der Waals surface area contributed by atoms with Crippen molar-refractivity contribution in [3.8, 4) is 28.8 Å². The first-order chi connectivity index (χ1) is 14.7. The van der Waals surface area contributed by atoms with E-state index in [0.717, 1.165) is 44.3 Å². The van der Waals surface area contributed by atoms with Crippen molar-refractivity contribution in [2.75, 3.05) is 25.4 Å². The maximum Gasteiger partial charge on any atom is 0.142 e. The Hall–Kier alpha value is -2.49. The molecule has 1 aromatic carbocycles. The van der Waals surface area contributed by atoms with Crippen LogP contribution in [0.15, 0.2) is 24.3 Å². The summed E-state index contributed by atoms with van der Waals surface area (Å²) in [6.45, 7) is 4.58. The maximum absolute atomic E-state index is 10.6. The first-order valence-corrected chi connectivity index (χ1v) is 11.0. The Kier molecular flexibility index (Phi) is 9.90. The highest BCUT2D eigenvalue weighted by atomic mass is 35.5. The Labute approximate surface area is 191 Å². The SMILES string of the molecule is CCCCCCCOc1cccc(O)c1-c1cc(C2CCCNC2)c(C#N)c(N)n1.Cl. The first-order valence-electron chi connectivity index (χ1n) is 11.0. The molecule has 0 bridgehead atoms. The summed E-state index contributed by atoms with van der Waals surface area (Å²) in [5.41, 5.74) is 8.57. The number of nitrogens with zero attached hydrogens (tertiary/aromatic N) is 2. The molecule has 4 N–H and O–H groups in total. The fourth-order valence-electron chi connectivity index (χ4n) is 4.06. The summed E-state index contributed by atoms with van der Waals surface area (Å²) in [5, 5.41) is 23.6. The summed E-state index contributed by atoms with van der Waals surface area (Å²) < 4.78 is 6.02. The van der Waals surface area contributed by atoms with Gasteiger partial charge in [-0.2, -0.15) is 5.26 Å². The first kappa shape index (κ1) is 24.8. The number of benzene rings is 1. The minimum Gasteiger partial charge on any atom is -0.507 e. The van der Waals surface area contributed by atoms with Gasteiger partial charge in [-0.05, 0) is 55.5 Å². The molecule has 1 atom stereocenters. The fraction of sp³-hybridized carbons (Fsp3) is 0.500. The van der Waals surface area contributed by atoms with Crippen LogP contribution in [0.5, 0.6) is 11.5 Å². The average molecular weight is 445 g/mol. The molecule has 1 aliphatic rings. The second kappa shape index (κ2) is 12.4. The Bertz CT molecular complexity index is 892. The van der Waals surface area contributed by atoms with Crippen LogP contribution in [0, 0.1) is 11.3 Å². The smallest absolute Gasteiger partial charge is 0.142 e. The number of halogens is 1. The van der Waals surface area contributed by atoms with Gasteiger partial charge in [0.2, 0.25) is 0 Å². The molecule has 3 rings (SSSR count). The number of aromatic nitrogens is 1. The molecule has 0 spiro atoms. The molecule has 1 saturated heterocycles. The maximum atomic E-state index is 10.6. The Balaban J connectivity index is 0.00000341. The highest BCUT2D eigenvalue weighted by Gasteiger charge is 2.23. The molecule has 31 heavy (non-hydrogen) atoms. The highest BCUT2D eigenvalue weighted by Crippen LogP contribution is 2.40. The number of hydrogen-bond acceptors (Lipinski definition) is 6. The highest BCUT2D eigenvalue weighted by molar-refractivity contribution is 5.85. The molecule has 0 radical (unpaired) electrons. The van der Waals surface area contributed by atoms with Crippen LogP contribution in [0.1, 0.15) is 68.9 Å². The van der Waals surface area contributed by atoms with Gasteiger partial charge in [0, 0.05) is 6.54 Å². The number of phenolic OH excluding ortho intramolecular Hbond substituents is 1. The van der Waals surface area contributed by atoms with Crippen molar-refractivity contribution in [3.05, 3.63) is 35.4 Å². The van der Waals surface area contributed by atoms with Crippen molar-refractivity contribution in [1.29, 1.82) is 5.26 Å². The summed E-state index contributed by atoms with van der Waals surface area (Å²) >= 11 is 0. The van der Waals surface area contributed by atoms with Crippen LogP contribution in [0.4, 0.5) is 5.82 Å². The number of phenols is 1. The van der Waals surface area contributed by atoms with Crippen LogP contribution in [-0.2, 0) is 0 Å². The molecule has 1 aromatic heterocycles. The number of nitrogens with one attached hydrogen (secondary N) is 1. The van der Waals surface area contributed by atoms with E-state index < -0.39 is 0 Å². The second-order valence-electron chi connectivity index (χ2n) is 7.92. The molecule has 1 fully saturated rings. The van der Waals surface area contributed by atoms with Gasteiger partial charge in [-0.3, -0.25) is 0 Å². The molecule has 7 heteroatoms. The Morgan fingerprint density at radius 2 is 2.10 bits per heavy atom. The number of ether oxygens (including phenoxy) is 1. The zero-order chi connectivity index (χ0) is 21.3. The van der Waals surface area contributed by atoms with E-state index in [2.05, 4.69) is 23.3 Å². The summed E-state index contributed by atoms with van der Waals surface area (Å²) in [7, 11) is 0. The third-order valence-electron chi connectivity index (χ3n) is 5.69. The van der Waals surface area contributed by atoms with Crippen molar-refractivity contribution >= 4 is 18.2 Å². The van der Waals surface area contributed by atoms with Crippen molar-refractivity contribution in [1.82, 2.24) is 10.3 Å². The molecule has 1 aliphatic heterocycles. The number of pyridine rings is 1. The van der Waals surface area contributed by atoms with Gasteiger partial charge < -0.3 is 20.9 Å². The summed E-state index contributed by atoms with van der Waals surface area (Å²) in [6.07, 6.45) is 7.80. The van der Waals surface area contributed by atoms with Crippen molar-refractivity contribution < 1.29 is 9.84 Å². The van der Waals surface area contributed by atoms with Gasteiger partial charge in [0.25, 0.3) is 0 Å². The van der Waals surface area contributed by atoms with Gasteiger partial charge in [-0.25, -0.2) is 4.98 Å². The van der Waals surface area contributed by atoms with Gasteiger partial charge in [0.15, 0.2) is 0 Å². The van der Waals surface area contributed by atoms with Crippen LogP contribution in [0.2, 0.25) is 0 Å². The Morgan fingerprint density at radius 1 is 1.29 bits per heavy atom. The van der Waals surface area contributed by atoms with E-state index in [4.69, 9.17) is 10.5 Å². The lowest BCUT2D eigenvalue weighted by atomic mass is 9.88. The van der Waals surface area contributed by atoms with Gasteiger partial charge in [0.1, 0.15) is 23.4 Å². The zero-order valence-corrected chi connectivity index (χ0v) is 19.0. The third kappa shape index (κ3) is 6.25. The van der Waals surface area contributed by atoms with E-state index in [-0.39, 0.29) is 29.9 Å². The van der Waals surface area contributed by atoms with Crippen LogP contribution in [-0.4, -0.2) is 29.8 Å². The zero-order valence-electron chi connectivity index (χ0n) is 18.2. The number of anilines is 1. The van der Waals surface area contributed by atoms with E-state index >= 15 is 0 Å². The van der Waals surface area contributed by atoms with Crippen LogP contribution < -0.4 is 15.8 Å². The van der Waals surface area contributed by atoms with E-state index in [9.17, 15) is 10.4 Å². The predicted octanol–water partition coefficient (Wildman–Crippen LogP) is 5.15. The quantitative estimate of drug-likeness (QED) is 0.462. The fourth-order valence-corrected chi connectivity index (χ4v) is 4.06. The van der Waals surface area contributed by atoms with E-state index in [1.165, 1.54) is 19.3 Å². The topological polar surface area (TPSA) is 104 Å². The number of unbranched alkanes of at least 4 members (excludes halogenated alkanes) is 4. The van der Waals surface area contributed by atoms with Crippen LogP contribution in [0.3, 0.4) is 0 Å².